The fraction of sp³-hybridized carbons (Fsp3) is 0.600. The van der Waals surface area contributed by atoms with E-state index in [-0.39, 0.29) is 41.9 Å². The van der Waals surface area contributed by atoms with E-state index in [0.717, 1.165) is 0 Å². The molecule has 4 N–H and O–H groups in total. The number of nitrogens with zero attached hydrogens (tertiary/aromatic N) is 4. The third-order valence-corrected chi connectivity index (χ3v) is 6.51. The van der Waals surface area contributed by atoms with Crippen molar-refractivity contribution in [3.8, 4) is 0 Å². The van der Waals surface area contributed by atoms with Crippen LogP contribution in [0.25, 0.3) is 11.2 Å². The molecule has 6 atom stereocenters. The van der Waals surface area contributed by atoms with Crippen molar-refractivity contribution in [3.05, 3.63) is 11.6 Å². The quantitative estimate of drug-likeness (QED) is 0.417. The SMILES string of the molecule is C[C@@H](CCO[P+]1(O)OC[C@H]2O[C@@H](n3cnc4c(N)nc(Cl)nc43)[C@@H](F)[C@@H]2O1)C(=O)O. The molecule has 4 heterocycles. The summed E-state index contributed by atoms with van der Waals surface area (Å²) in [6, 6.07) is 0. The van der Waals surface area contributed by atoms with Crippen LogP contribution in [0.1, 0.15) is 19.6 Å². The molecule has 30 heavy (non-hydrogen) atoms. The van der Waals surface area contributed by atoms with Crippen LogP contribution in [0.4, 0.5) is 10.2 Å². The number of carboxylic acid groups (broad SMARTS) is 1. The predicted octanol–water partition coefficient (Wildman–Crippen LogP) is 1.51. The van der Waals surface area contributed by atoms with Gasteiger partial charge in [-0.3, -0.25) is 9.36 Å². The lowest BCUT2D eigenvalue weighted by molar-refractivity contribution is -0.141. The number of anilines is 1. The summed E-state index contributed by atoms with van der Waals surface area (Å²) in [4.78, 5) is 33.2. The van der Waals surface area contributed by atoms with Gasteiger partial charge in [0.25, 0.3) is 0 Å². The average Bonchev–Trinajstić information content (AvgIpc) is 3.23. The molecule has 2 aromatic heterocycles. The second kappa shape index (κ2) is 8.08. The van der Waals surface area contributed by atoms with Crippen LogP contribution in [0.3, 0.4) is 0 Å². The van der Waals surface area contributed by atoms with Crippen LogP contribution in [0.2, 0.25) is 5.28 Å². The number of halogens is 2. The van der Waals surface area contributed by atoms with Crippen LogP contribution < -0.4 is 5.73 Å². The summed E-state index contributed by atoms with van der Waals surface area (Å²) in [5.41, 5.74) is 6.19. The molecule has 2 aliphatic heterocycles. The molecular formula is C15H19ClFN5O7P+. The van der Waals surface area contributed by atoms with Crippen molar-refractivity contribution < 1.29 is 37.5 Å². The van der Waals surface area contributed by atoms with E-state index in [1.807, 2.05) is 0 Å². The van der Waals surface area contributed by atoms with Crippen molar-refractivity contribution >= 4 is 42.7 Å². The van der Waals surface area contributed by atoms with Crippen LogP contribution in [0.5, 0.6) is 0 Å². The molecule has 2 saturated heterocycles. The number of rotatable bonds is 6. The van der Waals surface area contributed by atoms with E-state index in [9.17, 15) is 9.69 Å². The molecule has 0 aromatic carbocycles. The molecule has 0 aliphatic carbocycles. The summed E-state index contributed by atoms with van der Waals surface area (Å²) in [5, 5.41) is 8.77. The number of imidazole rings is 1. The van der Waals surface area contributed by atoms with Gasteiger partial charge in [0.15, 0.2) is 30.0 Å². The Balaban J connectivity index is 1.48. The highest BCUT2D eigenvalue weighted by molar-refractivity contribution is 7.55. The maximum atomic E-state index is 15.2. The standard InChI is InChI=1S/C15H18ClFN5O7P/c1-6(14(23)24)2-3-26-30(25)27-4-7-10(29-30)8(17)13(28-7)22-5-19-9-11(18)20-15(16)21-12(9)22/h5-8,10,13,25H,2-4H2,1H3,(H2-,18,20,21,23,24)/p+1/t6-,7+,8-,10+,13+,30?/m0/s1. The fourth-order valence-corrected chi connectivity index (χ4v) is 4.76. The monoisotopic (exact) mass is 466 g/mol. The average molecular weight is 467 g/mol. The van der Waals surface area contributed by atoms with Crippen LogP contribution in [0.15, 0.2) is 6.33 Å². The first-order valence-corrected chi connectivity index (χ1v) is 10.8. The number of aromatic nitrogens is 4. The van der Waals surface area contributed by atoms with Gasteiger partial charge in [-0.05, 0) is 18.0 Å². The number of nitrogens with two attached hydrogens (primary N) is 1. The Hall–Kier alpha value is -1.73. The molecule has 15 heteroatoms. The smallest absolute Gasteiger partial charge is 0.481 e. The van der Waals surface area contributed by atoms with Gasteiger partial charge in [-0.1, -0.05) is 6.92 Å². The highest BCUT2D eigenvalue weighted by Gasteiger charge is 2.62. The van der Waals surface area contributed by atoms with E-state index < -0.39 is 44.7 Å². The fourth-order valence-electron chi connectivity index (χ4n) is 3.16. The molecular weight excluding hydrogens is 448 g/mol. The molecule has 1 unspecified atom stereocenters. The lowest BCUT2D eigenvalue weighted by Gasteiger charge is -2.26. The molecule has 2 fully saturated rings. The van der Waals surface area contributed by atoms with E-state index in [0.29, 0.717) is 0 Å². The zero-order valence-corrected chi connectivity index (χ0v) is 17.2. The maximum Gasteiger partial charge on any atom is 0.573 e. The van der Waals surface area contributed by atoms with Gasteiger partial charge in [-0.15, -0.1) is 4.52 Å². The Morgan fingerprint density at radius 3 is 3.07 bits per heavy atom. The number of aliphatic carboxylic acids is 1. The molecule has 0 saturated carbocycles. The van der Waals surface area contributed by atoms with Gasteiger partial charge in [0.2, 0.25) is 5.28 Å². The van der Waals surface area contributed by atoms with Crippen molar-refractivity contribution in [3.63, 3.8) is 0 Å². The van der Waals surface area contributed by atoms with Crippen LogP contribution in [-0.2, 0) is 23.1 Å². The largest absolute Gasteiger partial charge is 0.573 e. The second-order valence-electron chi connectivity index (χ2n) is 6.91. The molecule has 0 amide bonds. The molecule has 0 radical (unpaired) electrons. The van der Waals surface area contributed by atoms with Gasteiger partial charge in [-0.25, -0.2) is 9.37 Å². The number of hydrogen-bond acceptors (Lipinski definition) is 10. The number of nitrogen functional groups attached to an aromatic ring is 1. The van der Waals surface area contributed by atoms with Crippen molar-refractivity contribution in [2.75, 3.05) is 18.9 Å². The van der Waals surface area contributed by atoms with E-state index in [4.69, 9.17) is 40.7 Å². The molecule has 164 valence electrons. The summed E-state index contributed by atoms with van der Waals surface area (Å²) in [6.45, 7) is 1.19. The number of carboxylic acids is 1. The highest BCUT2D eigenvalue weighted by Crippen LogP contribution is 2.63. The van der Waals surface area contributed by atoms with E-state index in [1.54, 1.807) is 0 Å². The lowest BCUT2D eigenvalue weighted by atomic mass is 10.1. The summed E-state index contributed by atoms with van der Waals surface area (Å²) in [5.74, 6) is -1.64. The van der Waals surface area contributed by atoms with Gasteiger partial charge in [0.05, 0.1) is 12.2 Å². The molecule has 2 aromatic rings. The Labute approximate surface area is 174 Å². The van der Waals surface area contributed by atoms with Crippen LogP contribution in [-0.4, -0.2) is 67.1 Å². The van der Waals surface area contributed by atoms with Crippen LogP contribution >= 0.6 is 19.8 Å². The molecule has 12 nitrogen and oxygen atoms in total. The van der Waals surface area contributed by atoms with Gasteiger partial charge >= 0.3 is 14.1 Å². The minimum Gasteiger partial charge on any atom is -0.481 e. The highest BCUT2D eigenvalue weighted by atomic mass is 35.5. The first-order valence-electron chi connectivity index (χ1n) is 8.95. The zero-order valence-electron chi connectivity index (χ0n) is 15.6. The van der Waals surface area contributed by atoms with Crippen molar-refractivity contribution in [1.82, 2.24) is 19.5 Å². The number of hydrogen-bond donors (Lipinski definition) is 3. The topological polar surface area (TPSA) is 164 Å². The third kappa shape index (κ3) is 3.94. The minimum atomic E-state index is -3.83. The number of alkyl halides is 1. The predicted molar refractivity (Wildman–Crippen MR) is 101 cm³/mol. The van der Waals surface area contributed by atoms with Crippen molar-refractivity contribution in [1.29, 1.82) is 0 Å². The number of fused-ring (bicyclic) bond motifs is 2. The van der Waals surface area contributed by atoms with Crippen LogP contribution in [0, 0.1) is 5.92 Å². The zero-order chi connectivity index (χ0) is 21.6. The number of ether oxygens (including phenoxy) is 1. The minimum absolute atomic E-state index is 0.0402. The summed E-state index contributed by atoms with van der Waals surface area (Å²) < 4.78 is 38.1. The Morgan fingerprint density at radius 2 is 2.33 bits per heavy atom. The van der Waals surface area contributed by atoms with Gasteiger partial charge in [0.1, 0.15) is 24.8 Å². The lowest BCUT2D eigenvalue weighted by Crippen LogP contribution is -2.39. The summed E-state index contributed by atoms with van der Waals surface area (Å²) >= 11 is 5.84. The Bertz CT molecular complexity index is 969. The van der Waals surface area contributed by atoms with Gasteiger partial charge in [0, 0.05) is 0 Å². The van der Waals surface area contributed by atoms with Crippen molar-refractivity contribution in [2.24, 2.45) is 5.92 Å². The van der Waals surface area contributed by atoms with E-state index in [2.05, 4.69) is 15.0 Å². The van der Waals surface area contributed by atoms with Crippen molar-refractivity contribution in [2.45, 2.75) is 38.0 Å². The third-order valence-electron chi connectivity index (χ3n) is 4.85. The molecule has 4 rings (SSSR count). The van der Waals surface area contributed by atoms with Gasteiger partial charge in [-0.2, -0.15) is 23.9 Å². The van der Waals surface area contributed by atoms with E-state index >= 15 is 4.39 Å². The second-order valence-corrected chi connectivity index (χ2v) is 8.91. The molecule has 0 spiro atoms. The Morgan fingerprint density at radius 1 is 1.57 bits per heavy atom. The number of carbonyl (C=O) groups is 1. The summed E-state index contributed by atoms with van der Waals surface area (Å²) in [7, 11) is -3.83. The van der Waals surface area contributed by atoms with Gasteiger partial charge < -0.3 is 15.6 Å². The first kappa shape index (κ1) is 21.5. The first-order chi connectivity index (χ1) is 14.2. The molecule has 0 bridgehead atoms. The summed E-state index contributed by atoms with van der Waals surface area (Å²) in [6.07, 6.45) is -3.48. The molecule has 2 aliphatic rings. The Kier molecular flexibility index (Phi) is 5.79. The maximum absolute atomic E-state index is 15.2. The normalized spacial score (nSPS) is 32.3. The van der Waals surface area contributed by atoms with E-state index in [1.165, 1.54) is 17.8 Å².